The number of nitrogens with one attached hydrogen (secondary N) is 2. The molecule has 1 amide bonds. The van der Waals surface area contributed by atoms with Gasteiger partial charge < -0.3 is 10.4 Å². The zero-order chi connectivity index (χ0) is 18.6. The minimum atomic E-state index is -1.36. The van der Waals surface area contributed by atoms with Gasteiger partial charge in [0.25, 0.3) is 5.91 Å². The van der Waals surface area contributed by atoms with Gasteiger partial charge in [-0.3, -0.25) is 9.63 Å². The van der Waals surface area contributed by atoms with Crippen molar-refractivity contribution < 1.29 is 27.9 Å². The molecule has 0 aromatic heterocycles. The fourth-order valence-electron chi connectivity index (χ4n) is 1.83. The van der Waals surface area contributed by atoms with E-state index in [1.165, 1.54) is 19.1 Å². The lowest BCUT2D eigenvalue weighted by Crippen LogP contribution is -2.30. The van der Waals surface area contributed by atoms with Crippen molar-refractivity contribution >= 4 is 28.9 Å². The van der Waals surface area contributed by atoms with E-state index in [4.69, 9.17) is 21.5 Å². The van der Waals surface area contributed by atoms with Crippen molar-refractivity contribution in [1.82, 2.24) is 5.48 Å². The monoisotopic (exact) mass is 374 g/mol. The van der Waals surface area contributed by atoms with Gasteiger partial charge >= 0.3 is 0 Å². The maximum atomic E-state index is 14.1. The molecule has 1 atom stereocenters. The Kier molecular flexibility index (Phi) is 6.24. The topological polar surface area (TPSA) is 70.6 Å². The van der Waals surface area contributed by atoms with Gasteiger partial charge in [0.1, 0.15) is 11.9 Å². The molecule has 0 aliphatic rings. The average Bonchev–Trinajstić information content (AvgIpc) is 2.58. The van der Waals surface area contributed by atoms with E-state index in [0.717, 1.165) is 18.2 Å². The lowest BCUT2D eigenvalue weighted by Gasteiger charge is -2.15. The first kappa shape index (κ1) is 19.0. The SMILES string of the molecule is CC(CO)ONC(=O)c1ccc(F)c(F)c1Nc1ccc(Cl)cc1F. The number of halogens is 4. The van der Waals surface area contributed by atoms with Gasteiger partial charge in [0, 0.05) is 5.02 Å². The van der Waals surface area contributed by atoms with Crippen LogP contribution in [0.3, 0.4) is 0 Å². The molecule has 2 aromatic rings. The number of hydrogen-bond donors (Lipinski definition) is 3. The van der Waals surface area contributed by atoms with Crippen LogP contribution in [-0.4, -0.2) is 23.7 Å². The van der Waals surface area contributed by atoms with Gasteiger partial charge in [0.05, 0.1) is 23.5 Å². The van der Waals surface area contributed by atoms with Gasteiger partial charge in [-0.05, 0) is 37.3 Å². The molecule has 0 saturated heterocycles. The highest BCUT2D eigenvalue weighted by atomic mass is 35.5. The van der Waals surface area contributed by atoms with Gasteiger partial charge in [-0.15, -0.1) is 0 Å². The molecule has 0 fully saturated rings. The van der Waals surface area contributed by atoms with Crippen LogP contribution in [0.5, 0.6) is 0 Å². The van der Waals surface area contributed by atoms with E-state index in [2.05, 4.69) is 5.32 Å². The highest BCUT2D eigenvalue weighted by Gasteiger charge is 2.20. The number of amides is 1. The predicted molar refractivity (Wildman–Crippen MR) is 86.1 cm³/mol. The van der Waals surface area contributed by atoms with Crippen LogP contribution in [0.1, 0.15) is 17.3 Å². The van der Waals surface area contributed by atoms with Crippen molar-refractivity contribution in [3.63, 3.8) is 0 Å². The van der Waals surface area contributed by atoms with Crippen LogP contribution in [0.25, 0.3) is 0 Å². The van der Waals surface area contributed by atoms with Crippen LogP contribution in [0.4, 0.5) is 24.5 Å². The zero-order valence-corrected chi connectivity index (χ0v) is 13.7. The minimum absolute atomic E-state index is 0.118. The Morgan fingerprint density at radius 2 is 1.96 bits per heavy atom. The van der Waals surface area contributed by atoms with Crippen LogP contribution >= 0.6 is 11.6 Å². The molecule has 1 unspecified atom stereocenters. The average molecular weight is 375 g/mol. The largest absolute Gasteiger partial charge is 0.394 e. The third-order valence-electron chi connectivity index (χ3n) is 3.14. The second-order valence-corrected chi connectivity index (χ2v) is 5.51. The van der Waals surface area contributed by atoms with Crippen LogP contribution in [0, 0.1) is 17.5 Å². The maximum absolute atomic E-state index is 14.1. The number of aliphatic hydroxyl groups excluding tert-OH is 1. The smallest absolute Gasteiger partial charge is 0.277 e. The van der Waals surface area contributed by atoms with Crippen molar-refractivity contribution in [3.05, 3.63) is 58.4 Å². The Hall–Kier alpha value is -2.29. The molecule has 0 saturated carbocycles. The Balaban J connectivity index is 2.35. The summed E-state index contributed by atoms with van der Waals surface area (Å²) in [7, 11) is 0. The van der Waals surface area contributed by atoms with Crippen molar-refractivity contribution in [1.29, 1.82) is 0 Å². The summed E-state index contributed by atoms with van der Waals surface area (Å²) in [6.45, 7) is 1.12. The van der Waals surface area contributed by atoms with Crippen LogP contribution in [0.2, 0.25) is 5.02 Å². The highest BCUT2D eigenvalue weighted by molar-refractivity contribution is 6.30. The number of hydroxylamine groups is 1. The van der Waals surface area contributed by atoms with Crippen LogP contribution in [0.15, 0.2) is 30.3 Å². The fourth-order valence-corrected chi connectivity index (χ4v) is 1.99. The van der Waals surface area contributed by atoms with Crippen LogP contribution < -0.4 is 10.8 Å². The van der Waals surface area contributed by atoms with Gasteiger partial charge in [-0.1, -0.05) is 11.6 Å². The molecular weight excluding hydrogens is 361 g/mol. The minimum Gasteiger partial charge on any atom is -0.394 e. The third kappa shape index (κ3) is 4.62. The zero-order valence-electron chi connectivity index (χ0n) is 12.9. The summed E-state index contributed by atoms with van der Waals surface area (Å²) < 4.78 is 41.6. The van der Waals surface area contributed by atoms with Crippen molar-refractivity contribution in [2.75, 3.05) is 11.9 Å². The molecule has 0 bridgehead atoms. The Bertz CT molecular complexity index is 789. The Morgan fingerprint density at radius 1 is 1.24 bits per heavy atom. The Morgan fingerprint density at radius 3 is 2.60 bits per heavy atom. The van der Waals surface area contributed by atoms with E-state index in [0.29, 0.717) is 0 Å². The molecule has 0 radical (unpaired) electrons. The van der Waals surface area contributed by atoms with E-state index in [9.17, 15) is 18.0 Å². The van der Waals surface area contributed by atoms with Gasteiger partial charge in [-0.25, -0.2) is 18.7 Å². The second-order valence-electron chi connectivity index (χ2n) is 5.08. The molecule has 0 aliphatic heterocycles. The van der Waals surface area contributed by atoms with E-state index in [1.807, 2.05) is 5.48 Å². The lowest BCUT2D eigenvalue weighted by molar-refractivity contribution is -0.0304. The molecule has 2 rings (SSSR count). The van der Waals surface area contributed by atoms with Gasteiger partial charge in [0.15, 0.2) is 11.6 Å². The highest BCUT2D eigenvalue weighted by Crippen LogP contribution is 2.29. The van der Waals surface area contributed by atoms with Crippen molar-refractivity contribution in [2.45, 2.75) is 13.0 Å². The summed E-state index contributed by atoms with van der Waals surface area (Å²) in [5.41, 5.74) is 0.911. The normalized spacial score (nSPS) is 11.9. The number of hydrogen-bond acceptors (Lipinski definition) is 4. The summed E-state index contributed by atoms with van der Waals surface area (Å²) in [6.07, 6.45) is -0.709. The number of rotatable bonds is 6. The molecule has 0 aliphatic carbocycles. The summed E-state index contributed by atoms with van der Waals surface area (Å²) in [5.74, 6) is -4.31. The molecule has 3 N–H and O–H groups in total. The number of benzene rings is 2. The van der Waals surface area contributed by atoms with Crippen molar-refractivity contribution in [2.24, 2.45) is 0 Å². The first-order valence-electron chi connectivity index (χ1n) is 7.10. The first-order valence-corrected chi connectivity index (χ1v) is 7.48. The van der Waals surface area contributed by atoms with Crippen molar-refractivity contribution in [3.8, 4) is 0 Å². The van der Waals surface area contributed by atoms with E-state index in [-0.39, 0.29) is 22.9 Å². The molecule has 134 valence electrons. The molecule has 0 heterocycles. The number of aliphatic hydroxyl groups is 1. The standard InChI is InChI=1S/C16H14ClF3N2O3/c1-8(7-23)25-22-16(24)10-3-4-11(18)14(20)15(10)21-13-5-2-9(17)6-12(13)19/h2-6,8,21,23H,7H2,1H3,(H,22,24). The molecule has 25 heavy (non-hydrogen) atoms. The predicted octanol–water partition coefficient (Wildman–Crippen LogP) is 3.54. The third-order valence-corrected chi connectivity index (χ3v) is 3.38. The Labute approximate surface area is 146 Å². The lowest BCUT2D eigenvalue weighted by atomic mass is 10.1. The first-order chi connectivity index (χ1) is 11.8. The van der Waals surface area contributed by atoms with Crippen LogP contribution in [-0.2, 0) is 4.84 Å². The van der Waals surface area contributed by atoms with E-state index >= 15 is 0 Å². The van der Waals surface area contributed by atoms with E-state index < -0.39 is 35.2 Å². The number of anilines is 2. The van der Waals surface area contributed by atoms with Gasteiger partial charge in [-0.2, -0.15) is 0 Å². The van der Waals surface area contributed by atoms with E-state index in [1.54, 1.807) is 0 Å². The molecule has 0 spiro atoms. The molecule has 9 heteroatoms. The number of carbonyl (C=O) groups excluding carboxylic acids is 1. The molecule has 2 aromatic carbocycles. The second kappa shape index (κ2) is 8.19. The molecule has 5 nitrogen and oxygen atoms in total. The maximum Gasteiger partial charge on any atom is 0.277 e. The molecular formula is C16H14ClF3N2O3. The van der Waals surface area contributed by atoms with Gasteiger partial charge in [0.2, 0.25) is 0 Å². The number of carbonyl (C=O) groups is 1. The fraction of sp³-hybridized carbons (Fsp3) is 0.188. The quantitative estimate of drug-likeness (QED) is 0.676. The summed E-state index contributed by atoms with van der Waals surface area (Å²) >= 11 is 5.64. The summed E-state index contributed by atoms with van der Waals surface area (Å²) in [6, 6.07) is 5.30. The summed E-state index contributed by atoms with van der Waals surface area (Å²) in [5, 5.41) is 11.3. The summed E-state index contributed by atoms with van der Waals surface area (Å²) in [4.78, 5) is 17.0.